The van der Waals surface area contributed by atoms with E-state index in [4.69, 9.17) is 0 Å². The Morgan fingerprint density at radius 3 is 2.33 bits per heavy atom. The summed E-state index contributed by atoms with van der Waals surface area (Å²) in [5.74, 6) is 0. The third-order valence-corrected chi connectivity index (χ3v) is 5.24. The molecule has 4 rings (SSSR count). The van der Waals surface area contributed by atoms with E-state index in [1.165, 1.54) is 39.0 Å². The highest BCUT2D eigenvalue weighted by Gasteiger charge is 2.16. The lowest BCUT2D eigenvalue weighted by Crippen LogP contribution is -1.94. The van der Waals surface area contributed by atoms with Gasteiger partial charge in [0, 0.05) is 0 Å². The molecule has 0 heterocycles. The van der Waals surface area contributed by atoms with E-state index in [1.54, 1.807) is 0 Å². The number of rotatable bonds is 5. The molecule has 0 aliphatic heterocycles. The van der Waals surface area contributed by atoms with Gasteiger partial charge in [-0.15, -0.1) is 0 Å². The van der Waals surface area contributed by atoms with Crippen LogP contribution in [0.1, 0.15) is 41.2 Å². The molecule has 0 atom stereocenters. The van der Waals surface area contributed by atoms with Gasteiger partial charge in [-0.25, -0.2) is 0 Å². The van der Waals surface area contributed by atoms with Gasteiger partial charge in [-0.1, -0.05) is 73.7 Å². The van der Waals surface area contributed by atoms with Gasteiger partial charge in [0.25, 0.3) is 0 Å². The molecule has 0 unspecified atom stereocenters. The number of fused-ring (bicyclic) bond motifs is 1. The first kappa shape index (κ1) is 15.2. The fourth-order valence-electron chi connectivity index (χ4n) is 3.66. The number of hydrogen-bond acceptors (Lipinski definition) is 0. The van der Waals surface area contributed by atoms with Crippen molar-refractivity contribution in [1.29, 1.82) is 0 Å². The highest BCUT2D eigenvalue weighted by molar-refractivity contribution is 5.69. The van der Waals surface area contributed by atoms with Crippen LogP contribution in [0.3, 0.4) is 0 Å². The fourth-order valence-corrected chi connectivity index (χ4v) is 3.66. The van der Waals surface area contributed by atoms with Gasteiger partial charge in [-0.2, -0.15) is 0 Å². The third-order valence-electron chi connectivity index (χ3n) is 5.24. The third kappa shape index (κ3) is 3.14. The number of hydrogen-bond donors (Lipinski definition) is 0. The Bertz CT molecular complexity index is 829. The second kappa shape index (κ2) is 6.65. The van der Waals surface area contributed by atoms with Crippen molar-refractivity contribution in [3.63, 3.8) is 0 Å². The summed E-state index contributed by atoms with van der Waals surface area (Å²) in [4.78, 5) is 0. The van der Waals surface area contributed by atoms with Crippen LogP contribution in [0.5, 0.6) is 0 Å². The van der Waals surface area contributed by atoms with Gasteiger partial charge in [0.2, 0.25) is 0 Å². The van der Waals surface area contributed by atoms with Crippen molar-refractivity contribution in [1.82, 2.24) is 0 Å². The summed E-state index contributed by atoms with van der Waals surface area (Å²) < 4.78 is 0. The molecule has 0 amide bonds. The summed E-state index contributed by atoms with van der Waals surface area (Å²) in [6.45, 7) is 2.21. The van der Waals surface area contributed by atoms with Crippen molar-refractivity contribution in [2.24, 2.45) is 0 Å². The summed E-state index contributed by atoms with van der Waals surface area (Å²) >= 11 is 0. The first-order chi connectivity index (χ1) is 11.8. The predicted molar refractivity (Wildman–Crippen MR) is 103 cm³/mol. The largest absolute Gasteiger partial charge is 0.0801 e. The summed E-state index contributed by atoms with van der Waals surface area (Å²) in [6.07, 6.45) is 14.6. The Hall–Kier alpha value is -2.34. The molecule has 2 aromatic rings. The Morgan fingerprint density at radius 1 is 0.833 bits per heavy atom. The molecule has 0 nitrogen and oxygen atoms in total. The van der Waals surface area contributed by atoms with E-state index in [9.17, 15) is 0 Å². The van der Waals surface area contributed by atoms with Crippen LogP contribution in [0, 0.1) is 0 Å². The zero-order valence-electron chi connectivity index (χ0n) is 14.4. The summed E-state index contributed by atoms with van der Waals surface area (Å²) in [5, 5.41) is 0. The van der Waals surface area contributed by atoms with Crippen LogP contribution >= 0.6 is 0 Å². The van der Waals surface area contributed by atoms with E-state index in [0.717, 1.165) is 32.1 Å². The molecule has 0 saturated heterocycles. The van der Waals surface area contributed by atoms with Crippen molar-refractivity contribution in [3.05, 3.63) is 99.7 Å². The van der Waals surface area contributed by atoms with Crippen LogP contribution in [0.15, 0.2) is 71.8 Å². The number of aryl methyl sites for hydroxylation is 3. The molecular weight excluding hydrogens is 288 g/mol. The molecule has 0 heteroatoms. The minimum atomic E-state index is 1.10. The molecule has 0 radical (unpaired) electrons. The van der Waals surface area contributed by atoms with E-state index < -0.39 is 0 Å². The summed E-state index contributed by atoms with van der Waals surface area (Å²) in [6, 6.07) is 16.1. The molecule has 0 aromatic heterocycles. The van der Waals surface area contributed by atoms with Crippen LogP contribution in [0.2, 0.25) is 0 Å². The first-order valence-electron chi connectivity index (χ1n) is 9.08. The average molecular weight is 312 g/mol. The van der Waals surface area contributed by atoms with E-state index in [1.807, 2.05) is 0 Å². The van der Waals surface area contributed by atoms with E-state index >= 15 is 0 Å². The SMILES string of the molecule is CCc1ccc(CCc2ccc3c(c2)C=C(C2=CC=CC2)C3)cc1. The van der Waals surface area contributed by atoms with Crippen LogP contribution in [0.25, 0.3) is 6.08 Å². The van der Waals surface area contributed by atoms with Crippen molar-refractivity contribution >= 4 is 6.08 Å². The Labute approximate surface area is 145 Å². The molecule has 2 aromatic carbocycles. The van der Waals surface area contributed by atoms with Crippen molar-refractivity contribution in [2.45, 2.75) is 39.0 Å². The molecule has 120 valence electrons. The van der Waals surface area contributed by atoms with Gasteiger partial charge in [-0.05, 0) is 71.1 Å². The molecule has 0 spiro atoms. The second-order valence-corrected chi connectivity index (χ2v) is 6.87. The maximum Gasteiger partial charge on any atom is -0.00168 e. The van der Waals surface area contributed by atoms with Crippen molar-refractivity contribution in [3.8, 4) is 0 Å². The van der Waals surface area contributed by atoms with Crippen LogP contribution in [-0.2, 0) is 25.7 Å². The maximum atomic E-state index is 2.40. The lowest BCUT2D eigenvalue weighted by molar-refractivity contribution is 0.955. The standard InChI is InChI=1S/C24H24/c1-2-18-7-9-19(10-8-18)11-12-20-13-14-22-16-24(17-23(22)15-20)21-5-3-4-6-21/h3-5,7-10,13-15,17H,2,6,11-12,16H2,1H3. The van der Waals surface area contributed by atoms with E-state index in [0.29, 0.717) is 0 Å². The highest BCUT2D eigenvalue weighted by Crippen LogP contribution is 2.33. The summed E-state index contributed by atoms with van der Waals surface area (Å²) in [5.41, 5.74) is 10.2. The highest BCUT2D eigenvalue weighted by atomic mass is 14.2. The topological polar surface area (TPSA) is 0 Å². The van der Waals surface area contributed by atoms with E-state index in [-0.39, 0.29) is 0 Å². The van der Waals surface area contributed by atoms with Gasteiger partial charge >= 0.3 is 0 Å². The predicted octanol–water partition coefficient (Wildman–Crippen LogP) is 5.86. The van der Waals surface area contributed by atoms with Gasteiger partial charge < -0.3 is 0 Å². The Kier molecular flexibility index (Phi) is 4.21. The lowest BCUT2D eigenvalue weighted by Gasteiger charge is -2.06. The average Bonchev–Trinajstić information content (AvgIpc) is 3.29. The van der Waals surface area contributed by atoms with Gasteiger partial charge in [0.15, 0.2) is 0 Å². The molecule has 2 aliphatic carbocycles. The Balaban J connectivity index is 1.45. The first-order valence-corrected chi connectivity index (χ1v) is 9.08. The minimum absolute atomic E-state index is 1.10. The molecule has 24 heavy (non-hydrogen) atoms. The number of allylic oxidation sites excluding steroid dienone is 5. The quantitative estimate of drug-likeness (QED) is 0.648. The normalized spacial score (nSPS) is 15.4. The van der Waals surface area contributed by atoms with Gasteiger partial charge in [-0.3, -0.25) is 0 Å². The maximum absolute atomic E-state index is 2.40. The fraction of sp³-hybridized carbons (Fsp3) is 0.250. The molecule has 0 bridgehead atoms. The second-order valence-electron chi connectivity index (χ2n) is 6.87. The van der Waals surface area contributed by atoms with Crippen molar-refractivity contribution in [2.75, 3.05) is 0 Å². The molecule has 0 saturated carbocycles. The molecule has 2 aliphatic rings. The zero-order valence-corrected chi connectivity index (χ0v) is 14.4. The molecule has 0 N–H and O–H groups in total. The summed E-state index contributed by atoms with van der Waals surface area (Å²) in [7, 11) is 0. The van der Waals surface area contributed by atoms with Crippen LogP contribution < -0.4 is 0 Å². The van der Waals surface area contributed by atoms with Crippen LogP contribution in [0.4, 0.5) is 0 Å². The van der Waals surface area contributed by atoms with E-state index in [2.05, 4.69) is 73.7 Å². The smallest absolute Gasteiger partial charge is 0.00168 e. The lowest BCUT2D eigenvalue weighted by atomic mass is 9.99. The zero-order chi connectivity index (χ0) is 16.4. The monoisotopic (exact) mass is 312 g/mol. The van der Waals surface area contributed by atoms with Crippen molar-refractivity contribution < 1.29 is 0 Å². The molecular formula is C24H24. The van der Waals surface area contributed by atoms with Gasteiger partial charge in [0.1, 0.15) is 0 Å². The number of benzene rings is 2. The molecule has 0 fully saturated rings. The Morgan fingerprint density at radius 2 is 1.58 bits per heavy atom. The van der Waals surface area contributed by atoms with Crippen LogP contribution in [-0.4, -0.2) is 0 Å². The van der Waals surface area contributed by atoms with Gasteiger partial charge in [0.05, 0.1) is 0 Å². The minimum Gasteiger partial charge on any atom is -0.0801 e.